The highest BCUT2D eigenvalue weighted by atomic mass is 16.3. The van der Waals surface area contributed by atoms with Gasteiger partial charge in [-0.1, -0.05) is 34.6 Å². The number of hydrogen-bond donors (Lipinski definition) is 2. The molecule has 19 heavy (non-hydrogen) atoms. The molecule has 2 nitrogen and oxygen atoms in total. The zero-order valence-electron chi connectivity index (χ0n) is 13.7. The molecule has 4 unspecified atom stereocenters. The summed E-state index contributed by atoms with van der Waals surface area (Å²) in [5, 5.41) is 14.2. The van der Waals surface area contributed by atoms with E-state index in [1.807, 2.05) is 6.92 Å². The van der Waals surface area contributed by atoms with Crippen molar-refractivity contribution in [2.45, 2.75) is 78.9 Å². The highest BCUT2D eigenvalue weighted by Crippen LogP contribution is 2.62. The summed E-state index contributed by atoms with van der Waals surface area (Å²) in [5.41, 5.74) is 0.241. The second-order valence-corrected chi connectivity index (χ2v) is 8.82. The number of aliphatic hydroxyl groups is 1. The summed E-state index contributed by atoms with van der Waals surface area (Å²) in [6.07, 6.45) is 4.98. The molecular weight excluding hydrogens is 234 g/mol. The minimum absolute atomic E-state index is 0.376. The van der Waals surface area contributed by atoms with Gasteiger partial charge in [0.1, 0.15) is 0 Å². The lowest BCUT2D eigenvalue weighted by Gasteiger charge is -2.44. The predicted octanol–water partition coefficient (Wildman–Crippen LogP) is 3.59. The van der Waals surface area contributed by atoms with E-state index in [1.165, 1.54) is 19.3 Å². The van der Waals surface area contributed by atoms with Crippen LogP contribution < -0.4 is 5.32 Å². The summed E-state index contributed by atoms with van der Waals surface area (Å²) in [6, 6.07) is 0.553. The van der Waals surface area contributed by atoms with E-state index in [2.05, 4.69) is 39.9 Å². The minimum Gasteiger partial charge on any atom is -0.389 e. The van der Waals surface area contributed by atoms with Crippen LogP contribution in [-0.2, 0) is 0 Å². The molecule has 0 amide bonds. The summed E-state index contributed by atoms with van der Waals surface area (Å²) in [4.78, 5) is 0. The SMILES string of the molecule is CC(C)CC(C)(O)CNC1C2(C)CCC(C2)C1(C)C. The average molecular weight is 267 g/mol. The molecule has 2 N–H and O–H groups in total. The average Bonchev–Trinajstić information content (AvgIpc) is 2.65. The highest BCUT2D eigenvalue weighted by molar-refractivity contribution is 5.12. The Bertz CT molecular complexity index is 329. The Hall–Kier alpha value is -0.0800. The molecule has 2 rings (SSSR count). The van der Waals surface area contributed by atoms with Gasteiger partial charge < -0.3 is 10.4 Å². The molecule has 112 valence electrons. The van der Waals surface area contributed by atoms with E-state index in [0.29, 0.717) is 22.8 Å². The molecule has 4 atom stereocenters. The Morgan fingerprint density at radius 3 is 2.42 bits per heavy atom. The van der Waals surface area contributed by atoms with Crippen molar-refractivity contribution in [1.82, 2.24) is 5.32 Å². The second-order valence-electron chi connectivity index (χ2n) is 8.82. The van der Waals surface area contributed by atoms with Crippen LogP contribution in [-0.4, -0.2) is 23.3 Å². The second kappa shape index (κ2) is 4.73. The van der Waals surface area contributed by atoms with Crippen LogP contribution in [0.1, 0.15) is 67.2 Å². The van der Waals surface area contributed by atoms with Gasteiger partial charge in [-0.25, -0.2) is 0 Å². The molecule has 0 aromatic rings. The fourth-order valence-electron chi connectivity index (χ4n) is 5.09. The van der Waals surface area contributed by atoms with E-state index in [-0.39, 0.29) is 0 Å². The minimum atomic E-state index is -0.581. The zero-order chi connectivity index (χ0) is 14.5. The van der Waals surface area contributed by atoms with E-state index in [0.717, 1.165) is 18.9 Å². The van der Waals surface area contributed by atoms with Gasteiger partial charge in [0, 0.05) is 12.6 Å². The van der Waals surface area contributed by atoms with Gasteiger partial charge in [-0.2, -0.15) is 0 Å². The first-order valence-electron chi connectivity index (χ1n) is 8.03. The number of rotatable bonds is 5. The first kappa shape index (κ1) is 15.3. The maximum Gasteiger partial charge on any atom is 0.0746 e. The molecule has 0 radical (unpaired) electrons. The van der Waals surface area contributed by atoms with Gasteiger partial charge in [-0.15, -0.1) is 0 Å². The van der Waals surface area contributed by atoms with Gasteiger partial charge in [0.05, 0.1) is 5.60 Å². The molecule has 0 aromatic carbocycles. The van der Waals surface area contributed by atoms with Crippen molar-refractivity contribution < 1.29 is 5.11 Å². The predicted molar refractivity (Wildman–Crippen MR) is 81.1 cm³/mol. The van der Waals surface area contributed by atoms with E-state index in [9.17, 15) is 5.11 Å². The van der Waals surface area contributed by atoms with Crippen molar-refractivity contribution >= 4 is 0 Å². The van der Waals surface area contributed by atoms with Gasteiger partial charge in [0.25, 0.3) is 0 Å². The summed E-state index contributed by atoms with van der Waals surface area (Å²) in [6.45, 7) is 14.3. The van der Waals surface area contributed by atoms with Crippen molar-refractivity contribution in [3.63, 3.8) is 0 Å². The normalized spacial score (nSPS) is 39.8. The van der Waals surface area contributed by atoms with Crippen molar-refractivity contribution in [3.05, 3.63) is 0 Å². The topological polar surface area (TPSA) is 32.3 Å². The van der Waals surface area contributed by atoms with E-state index >= 15 is 0 Å². The zero-order valence-corrected chi connectivity index (χ0v) is 13.7. The lowest BCUT2D eigenvalue weighted by atomic mass is 9.68. The number of fused-ring (bicyclic) bond motifs is 2. The van der Waals surface area contributed by atoms with Crippen LogP contribution in [0.25, 0.3) is 0 Å². The van der Waals surface area contributed by atoms with Crippen LogP contribution in [0.4, 0.5) is 0 Å². The van der Waals surface area contributed by atoms with Gasteiger partial charge in [-0.3, -0.25) is 0 Å². The molecule has 2 heteroatoms. The smallest absolute Gasteiger partial charge is 0.0746 e. The molecule has 2 aliphatic carbocycles. The quantitative estimate of drug-likeness (QED) is 0.798. The maximum atomic E-state index is 10.5. The van der Waals surface area contributed by atoms with Crippen molar-refractivity contribution in [2.24, 2.45) is 22.7 Å². The lowest BCUT2D eigenvalue weighted by molar-refractivity contribution is 0.0186. The monoisotopic (exact) mass is 267 g/mol. The first-order chi connectivity index (χ1) is 8.57. The molecule has 0 spiro atoms. The molecular formula is C17H33NO. The third kappa shape index (κ3) is 2.85. The third-order valence-electron chi connectivity index (χ3n) is 5.80. The Morgan fingerprint density at radius 2 is 1.95 bits per heavy atom. The van der Waals surface area contributed by atoms with Crippen LogP contribution in [0.2, 0.25) is 0 Å². The summed E-state index contributed by atoms with van der Waals surface area (Å²) >= 11 is 0. The summed E-state index contributed by atoms with van der Waals surface area (Å²) < 4.78 is 0. The van der Waals surface area contributed by atoms with Crippen LogP contribution in [0.3, 0.4) is 0 Å². The van der Waals surface area contributed by atoms with E-state index in [1.54, 1.807) is 0 Å². The molecule has 2 bridgehead atoms. The largest absolute Gasteiger partial charge is 0.389 e. The molecule has 0 aromatic heterocycles. The molecule has 2 saturated carbocycles. The highest BCUT2D eigenvalue weighted by Gasteiger charge is 2.59. The number of nitrogens with one attached hydrogen (secondary N) is 1. The Morgan fingerprint density at radius 1 is 1.32 bits per heavy atom. The molecule has 0 heterocycles. The van der Waals surface area contributed by atoms with Crippen molar-refractivity contribution in [3.8, 4) is 0 Å². The Labute approximate surface area is 119 Å². The molecule has 0 saturated heterocycles. The Balaban J connectivity index is 1.99. The first-order valence-corrected chi connectivity index (χ1v) is 8.03. The molecule has 0 aliphatic heterocycles. The summed E-state index contributed by atoms with van der Waals surface area (Å²) in [7, 11) is 0. The standard InChI is InChI=1S/C17H33NO/c1-12(2)9-17(6,19)11-18-14-15(3,4)13-7-8-16(14,5)10-13/h12-14,18-19H,7-11H2,1-6H3. The molecule has 2 fully saturated rings. The fraction of sp³-hybridized carbons (Fsp3) is 1.00. The summed E-state index contributed by atoms with van der Waals surface area (Å²) in [5.74, 6) is 1.41. The van der Waals surface area contributed by atoms with Crippen LogP contribution in [0, 0.1) is 22.7 Å². The van der Waals surface area contributed by atoms with E-state index < -0.39 is 5.60 Å². The third-order valence-corrected chi connectivity index (χ3v) is 5.80. The van der Waals surface area contributed by atoms with Crippen LogP contribution >= 0.6 is 0 Å². The number of hydrogen-bond acceptors (Lipinski definition) is 2. The van der Waals surface area contributed by atoms with E-state index in [4.69, 9.17) is 0 Å². The van der Waals surface area contributed by atoms with Crippen molar-refractivity contribution in [2.75, 3.05) is 6.54 Å². The van der Waals surface area contributed by atoms with Gasteiger partial charge in [0.2, 0.25) is 0 Å². The van der Waals surface area contributed by atoms with Gasteiger partial charge >= 0.3 is 0 Å². The van der Waals surface area contributed by atoms with Crippen LogP contribution in [0.5, 0.6) is 0 Å². The van der Waals surface area contributed by atoms with Gasteiger partial charge in [-0.05, 0) is 55.3 Å². The lowest BCUT2D eigenvalue weighted by Crippen LogP contribution is -2.54. The molecule has 2 aliphatic rings. The maximum absolute atomic E-state index is 10.5. The van der Waals surface area contributed by atoms with Gasteiger partial charge in [0.15, 0.2) is 0 Å². The Kier molecular flexibility index (Phi) is 3.81. The fourth-order valence-corrected chi connectivity index (χ4v) is 5.09. The van der Waals surface area contributed by atoms with Crippen molar-refractivity contribution in [1.29, 1.82) is 0 Å². The van der Waals surface area contributed by atoms with Crippen LogP contribution in [0.15, 0.2) is 0 Å².